The van der Waals surface area contributed by atoms with Crippen molar-refractivity contribution in [2.75, 3.05) is 10.6 Å². The highest BCUT2D eigenvalue weighted by atomic mass is 16.6. The zero-order valence-corrected chi connectivity index (χ0v) is 12.5. The molecular weight excluding hydrogens is 274 g/mol. The lowest BCUT2D eigenvalue weighted by atomic mass is 10.1. The van der Waals surface area contributed by atoms with E-state index < -0.39 is 4.92 Å². The van der Waals surface area contributed by atoms with E-state index in [1.807, 2.05) is 0 Å². The maximum absolute atomic E-state index is 11.7. The molecule has 0 saturated heterocycles. The number of rotatable bonds is 5. The number of hydrogen-bond acceptors (Lipinski definition) is 4. The number of hydrogen-bond donors (Lipinski definition) is 2. The number of nitrogens with one attached hydrogen (secondary N) is 2. The number of nitro groups is 1. The minimum atomic E-state index is -0.579. The van der Waals surface area contributed by atoms with Gasteiger partial charge in [0.15, 0.2) is 0 Å². The Morgan fingerprint density at radius 1 is 1.05 bits per heavy atom. The molecule has 0 atom stereocenters. The van der Waals surface area contributed by atoms with Gasteiger partial charge in [0.05, 0.1) is 4.92 Å². The Labute approximate surface area is 122 Å². The van der Waals surface area contributed by atoms with Gasteiger partial charge in [-0.2, -0.15) is 0 Å². The van der Waals surface area contributed by atoms with Crippen LogP contribution in [-0.2, 0) is 9.59 Å². The lowest BCUT2D eigenvalue weighted by Crippen LogP contribution is -2.20. The van der Waals surface area contributed by atoms with Gasteiger partial charge in [-0.05, 0) is 12.1 Å². The fraction of sp³-hybridized carbons (Fsp3) is 0.429. The fourth-order valence-electron chi connectivity index (χ4n) is 1.44. The molecule has 0 aliphatic carbocycles. The molecule has 1 rings (SSSR count). The minimum Gasteiger partial charge on any atom is -0.326 e. The molecular formula is C14H19N3O4. The normalized spacial score (nSPS) is 10.6. The summed E-state index contributed by atoms with van der Waals surface area (Å²) in [5.41, 5.74) is 0.255. The number of nitro benzene ring substituents is 1. The number of carbonyl (C=O) groups is 2. The first-order chi connectivity index (χ1) is 9.72. The third kappa shape index (κ3) is 4.55. The molecule has 0 radical (unpaired) electrons. The Hall–Kier alpha value is -2.44. The van der Waals surface area contributed by atoms with E-state index in [2.05, 4.69) is 10.6 Å². The molecule has 0 aliphatic heterocycles. The van der Waals surface area contributed by atoms with Crippen molar-refractivity contribution in [3.05, 3.63) is 28.3 Å². The van der Waals surface area contributed by atoms with Crippen LogP contribution in [0.15, 0.2) is 18.2 Å². The second kappa shape index (κ2) is 6.83. The van der Waals surface area contributed by atoms with E-state index in [4.69, 9.17) is 0 Å². The molecule has 0 aliphatic rings. The molecule has 2 amide bonds. The van der Waals surface area contributed by atoms with Crippen LogP contribution in [0.2, 0.25) is 0 Å². The van der Waals surface area contributed by atoms with E-state index in [1.165, 1.54) is 18.2 Å². The van der Waals surface area contributed by atoms with Crippen molar-refractivity contribution in [1.82, 2.24) is 0 Å². The third-order valence-corrected chi connectivity index (χ3v) is 2.77. The zero-order valence-electron chi connectivity index (χ0n) is 12.5. The summed E-state index contributed by atoms with van der Waals surface area (Å²) in [4.78, 5) is 33.8. The van der Waals surface area contributed by atoms with Gasteiger partial charge in [0.1, 0.15) is 5.69 Å². The van der Waals surface area contributed by atoms with Crippen molar-refractivity contribution in [1.29, 1.82) is 0 Å². The standard InChI is InChI=1S/C14H19N3O4/c1-8(2)13(18)15-10-5-6-12(17(20)21)11(7-10)16-14(19)9(3)4/h5-9H,1-4H3,(H,15,18)(H,16,19). The Bertz CT molecular complexity index is 567. The summed E-state index contributed by atoms with van der Waals surface area (Å²) in [5, 5.41) is 16.1. The lowest BCUT2D eigenvalue weighted by Gasteiger charge is -2.11. The first-order valence-corrected chi connectivity index (χ1v) is 6.62. The second-order valence-electron chi connectivity index (χ2n) is 5.28. The topological polar surface area (TPSA) is 101 Å². The van der Waals surface area contributed by atoms with Crippen LogP contribution in [0.4, 0.5) is 17.1 Å². The van der Waals surface area contributed by atoms with Crippen LogP contribution in [-0.4, -0.2) is 16.7 Å². The Morgan fingerprint density at radius 3 is 2.05 bits per heavy atom. The predicted octanol–water partition coefficient (Wildman–Crippen LogP) is 2.78. The van der Waals surface area contributed by atoms with Gasteiger partial charge in [-0.1, -0.05) is 27.7 Å². The molecule has 2 N–H and O–H groups in total. The van der Waals surface area contributed by atoms with E-state index >= 15 is 0 Å². The van der Waals surface area contributed by atoms with Gasteiger partial charge in [-0.25, -0.2) is 0 Å². The molecule has 7 nitrogen and oxygen atoms in total. The van der Waals surface area contributed by atoms with E-state index in [0.717, 1.165) is 0 Å². The van der Waals surface area contributed by atoms with E-state index in [-0.39, 0.29) is 35.0 Å². The van der Waals surface area contributed by atoms with E-state index in [1.54, 1.807) is 27.7 Å². The molecule has 7 heteroatoms. The Balaban J connectivity index is 3.09. The summed E-state index contributed by atoms with van der Waals surface area (Å²) in [5.74, 6) is -1.05. The largest absolute Gasteiger partial charge is 0.326 e. The van der Waals surface area contributed by atoms with E-state index in [0.29, 0.717) is 5.69 Å². The average Bonchev–Trinajstić information content (AvgIpc) is 2.38. The van der Waals surface area contributed by atoms with E-state index in [9.17, 15) is 19.7 Å². The smallest absolute Gasteiger partial charge is 0.292 e. The summed E-state index contributed by atoms with van der Waals surface area (Å²) in [6, 6.07) is 4.08. The van der Waals surface area contributed by atoms with Gasteiger partial charge in [0.25, 0.3) is 5.69 Å². The van der Waals surface area contributed by atoms with Gasteiger partial charge in [0, 0.05) is 23.6 Å². The van der Waals surface area contributed by atoms with Crippen LogP contribution in [0.5, 0.6) is 0 Å². The highest BCUT2D eigenvalue weighted by Crippen LogP contribution is 2.28. The monoisotopic (exact) mass is 293 g/mol. The summed E-state index contributed by atoms with van der Waals surface area (Å²) in [7, 11) is 0. The summed E-state index contributed by atoms with van der Waals surface area (Å²) in [6.45, 7) is 6.85. The SMILES string of the molecule is CC(C)C(=O)Nc1ccc([N+](=O)[O-])c(NC(=O)C(C)C)c1. The highest BCUT2D eigenvalue weighted by molar-refractivity contribution is 5.97. The maximum Gasteiger partial charge on any atom is 0.292 e. The number of carbonyl (C=O) groups excluding carboxylic acids is 2. The predicted molar refractivity (Wildman–Crippen MR) is 80.0 cm³/mol. The van der Waals surface area contributed by atoms with Gasteiger partial charge < -0.3 is 10.6 Å². The van der Waals surface area contributed by atoms with Crippen LogP contribution in [0.3, 0.4) is 0 Å². The van der Waals surface area contributed by atoms with Crippen LogP contribution < -0.4 is 10.6 Å². The molecule has 0 heterocycles. The molecule has 1 aromatic carbocycles. The van der Waals surface area contributed by atoms with Crippen LogP contribution >= 0.6 is 0 Å². The third-order valence-electron chi connectivity index (χ3n) is 2.77. The first-order valence-electron chi connectivity index (χ1n) is 6.62. The Kier molecular flexibility index (Phi) is 5.40. The van der Waals surface area contributed by atoms with Gasteiger partial charge in [-0.15, -0.1) is 0 Å². The number of anilines is 2. The Morgan fingerprint density at radius 2 is 1.57 bits per heavy atom. The van der Waals surface area contributed by atoms with Crippen molar-refractivity contribution in [3.63, 3.8) is 0 Å². The highest BCUT2D eigenvalue weighted by Gasteiger charge is 2.18. The van der Waals surface area contributed by atoms with Crippen molar-refractivity contribution < 1.29 is 14.5 Å². The zero-order chi connectivity index (χ0) is 16.2. The number of nitrogens with zero attached hydrogens (tertiary/aromatic N) is 1. The molecule has 0 unspecified atom stereocenters. The molecule has 0 saturated carbocycles. The lowest BCUT2D eigenvalue weighted by molar-refractivity contribution is -0.383. The van der Waals surface area contributed by atoms with Crippen molar-refractivity contribution in [2.45, 2.75) is 27.7 Å². The summed E-state index contributed by atoms with van der Waals surface area (Å²) < 4.78 is 0. The summed E-state index contributed by atoms with van der Waals surface area (Å²) >= 11 is 0. The van der Waals surface area contributed by atoms with Crippen LogP contribution in [0.1, 0.15) is 27.7 Å². The quantitative estimate of drug-likeness (QED) is 0.643. The number of benzene rings is 1. The van der Waals surface area contributed by atoms with Crippen molar-refractivity contribution >= 4 is 28.9 Å². The molecule has 0 bridgehead atoms. The van der Waals surface area contributed by atoms with Crippen molar-refractivity contribution in [3.8, 4) is 0 Å². The molecule has 114 valence electrons. The molecule has 0 fully saturated rings. The fourth-order valence-corrected chi connectivity index (χ4v) is 1.44. The van der Waals surface area contributed by atoms with Crippen LogP contribution in [0, 0.1) is 22.0 Å². The first kappa shape index (κ1) is 16.6. The van der Waals surface area contributed by atoms with Gasteiger partial charge in [-0.3, -0.25) is 19.7 Å². The minimum absolute atomic E-state index is 0.0697. The molecule has 0 spiro atoms. The van der Waals surface area contributed by atoms with Crippen LogP contribution in [0.25, 0.3) is 0 Å². The van der Waals surface area contributed by atoms with Gasteiger partial charge in [0.2, 0.25) is 11.8 Å². The second-order valence-corrected chi connectivity index (χ2v) is 5.28. The molecule has 1 aromatic rings. The van der Waals surface area contributed by atoms with Crippen molar-refractivity contribution in [2.24, 2.45) is 11.8 Å². The maximum atomic E-state index is 11.7. The van der Waals surface area contributed by atoms with Gasteiger partial charge >= 0.3 is 0 Å². The summed E-state index contributed by atoms with van der Waals surface area (Å²) in [6.07, 6.45) is 0. The average molecular weight is 293 g/mol. The molecule has 0 aromatic heterocycles. The molecule has 21 heavy (non-hydrogen) atoms. The number of amides is 2.